The summed E-state index contributed by atoms with van der Waals surface area (Å²) in [5, 5.41) is 8.84. The fourth-order valence-electron chi connectivity index (χ4n) is 5.18. The fraction of sp³-hybridized carbons (Fsp3) is 0.886. The van der Waals surface area contributed by atoms with Crippen molar-refractivity contribution in [1.29, 1.82) is 0 Å². The Labute approximate surface area is 243 Å². The van der Waals surface area contributed by atoms with E-state index >= 15 is 0 Å². The van der Waals surface area contributed by atoms with E-state index in [-0.39, 0.29) is 18.5 Å². The third-order valence-corrected chi connectivity index (χ3v) is 7.74. The van der Waals surface area contributed by atoms with Gasteiger partial charge in [0.2, 0.25) is 0 Å². The van der Waals surface area contributed by atoms with Crippen molar-refractivity contribution in [2.45, 2.75) is 200 Å². The van der Waals surface area contributed by atoms with E-state index in [1.807, 2.05) is 0 Å². The molecule has 0 saturated heterocycles. The predicted octanol–water partition coefficient (Wildman–Crippen LogP) is 11.5. The summed E-state index contributed by atoms with van der Waals surface area (Å²) in [7, 11) is 0. The molecule has 0 aliphatic carbocycles. The molecular weight excluding hydrogens is 484 g/mol. The molecule has 4 heteroatoms. The fourth-order valence-corrected chi connectivity index (χ4v) is 5.18. The molecule has 0 heterocycles. The minimum atomic E-state index is -0.724. The Hall–Kier alpha value is -1.32. The van der Waals surface area contributed by atoms with E-state index in [2.05, 4.69) is 26.0 Å². The first kappa shape index (κ1) is 37.7. The molecule has 0 spiro atoms. The van der Waals surface area contributed by atoms with Gasteiger partial charge in [-0.05, 0) is 64.2 Å². The predicted molar refractivity (Wildman–Crippen MR) is 167 cm³/mol. The third-order valence-electron chi connectivity index (χ3n) is 7.74. The van der Waals surface area contributed by atoms with Crippen LogP contribution in [-0.2, 0) is 14.3 Å². The molecule has 0 aliphatic heterocycles. The van der Waals surface area contributed by atoms with Crippen LogP contribution in [0.1, 0.15) is 194 Å². The molecular formula is C35H66O4. The number of ether oxygens (including phenoxy) is 1. The van der Waals surface area contributed by atoms with Crippen molar-refractivity contribution in [1.82, 2.24) is 0 Å². The lowest BCUT2D eigenvalue weighted by Gasteiger charge is -2.18. The van der Waals surface area contributed by atoms with Gasteiger partial charge < -0.3 is 9.84 Å². The van der Waals surface area contributed by atoms with Gasteiger partial charge in [0.15, 0.2) is 0 Å². The van der Waals surface area contributed by atoms with E-state index in [0.29, 0.717) is 12.8 Å². The Bertz CT molecular complexity index is 557. The average molecular weight is 551 g/mol. The van der Waals surface area contributed by atoms with Crippen molar-refractivity contribution in [2.75, 3.05) is 0 Å². The monoisotopic (exact) mass is 550 g/mol. The maximum atomic E-state index is 12.5. The second kappa shape index (κ2) is 31.2. The molecule has 0 aromatic heterocycles. The molecule has 0 saturated carbocycles. The number of rotatable bonds is 31. The number of hydrogen-bond acceptors (Lipinski definition) is 3. The SMILES string of the molecule is CCCCCC/C=C\CCCCCCCCC(=O)OC(CCCCCCCCCCC)CCCCCC(=O)O. The number of carbonyl (C=O) groups excluding carboxylic acids is 1. The van der Waals surface area contributed by atoms with Crippen LogP contribution in [0, 0.1) is 0 Å². The molecule has 0 amide bonds. The average Bonchev–Trinajstić information content (AvgIpc) is 2.91. The highest BCUT2D eigenvalue weighted by Gasteiger charge is 2.14. The summed E-state index contributed by atoms with van der Waals surface area (Å²) < 4.78 is 5.90. The molecule has 1 unspecified atom stereocenters. The maximum absolute atomic E-state index is 12.5. The second-order valence-electron chi connectivity index (χ2n) is 11.7. The number of carboxylic acid groups (broad SMARTS) is 1. The van der Waals surface area contributed by atoms with Gasteiger partial charge in [-0.3, -0.25) is 9.59 Å². The molecule has 230 valence electrons. The molecule has 0 aromatic carbocycles. The van der Waals surface area contributed by atoms with Crippen molar-refractivity contribution in [3.8, 4) is 0 Å². The lowest BCUT2D eigenvalue weighted by molar-refractivity contribution is -0.150. The van der Waals surface area contributed by atoms with Crippen molar-refractivity contribution >= 4 is 11.9 Å². The number of unbranched alkanes of at least 4 members (excludes halogenated alkanes) is 20. The Morgan fingerprint density at radius 2 is 0.923 bits per heavy atom. The van der Waals surface area contributed by atoms with Crippen LogP contribution in [0.25, 0.3) is 0 Å². The maximum Gasteiger partial charge on any atom is 0.306 e. The molecule has 39 heavy (non-hydrogen) atoms. The normalized spacial score (nSPS) is 12.3. The molecule has 1 atom stereocenters. The molecule has 0 fully saturated rings. The van der Waals surface area contributed by atoms with E-state index in [1.54, 1.807) is 0 Å². The first-order valence-corrected chi connectivity index (χ1v) is 17.2. The molecule has 4 nitrogen and oxygen atoms in total. The molecule has 0 bridgehead atoms. The Morgan fingerprint density at radius 3 is 1.44 bits per heavy atom. The van der Waals surface area contributed by atoms with E-state index in [4.69, 9.17) is 9.84 Å². The van der Waals surface area contributed by atoms with Crippen LogP contribution >= 0.6 is 0 Å². The summed E-state index contributed by atoms with van der Waals surface area (Å²) in [5.41, 5.74) is 0. The summed E-state index contributed by atoms with van der Waals surface area (Å²) in [6.07, 6.45) is 36.4. The lowest BCUT2D eigenvalue weighted by atomic mass is 10.0. The highest BCUT2D eigenvalue weighted by atomic mass is 16.5. The zero-order valence-electron chi connectivity index (χ0n) is 26.2. The second-order valence-corrected chi connectivity index (χ2v) is 11.7. The summed E-state index contributed by atoms with van der Waals surface area (Å²) in [6, 6.07) is 0. The number of carbonyl (C=O) groups is 2. The van der Waals surface area contributed by atoms with Crippen LogP contribution in [0.2, 0.25) is 0 Å². The minimum absolute atomic E-state index is 0.00609. The van der Waals surface area contributed by atoms with Gasteiger partial charge >= 0.3 is 11.9 Å². The molecule has 0 rings (SSSR count). The number of esters is 1. The summed E-state index contributed by atoms with van der Waals surface area (Å²) in [4.78, 5) is 23.2. The van der Waals surface area contributed by atoms with Crippen molar-refractivity contribution in [3.05, 3.63) is 12.2 Å². The molecule has 0 aliphatic rings. The summed E-state index contributed by atoms with van der Waals surface area (Å²) in [6.45, 7) is 4.52. The zero-order chi connectivity index (χ0) is 28.7. The van der Waals surface area contributed by atoms with Crippen molar-refractivity contribution in [2.24, 2.45) is 0 Å². The van der Waals surface area contributed by atoms with Crippen LogP contribution in [-0.4, -0.2) is 23.1 Å². The van der Waals surface area contributed by atoms with Gasteiger partial charge in [0, 0.05) is 12.8 Å². The van der Waals surface area contributed by atoms with Crippen LogP contribution in [0.4, 0.5) is 0 Å². The molecule has 0 aromatic rings. The van der Waals surface area contributed by atoms with Crippen LogP contribution in [0.3, 0.4) is 0 Å². The van der Waals surface area contributed by atoms with Gasteiger partial charge in [0.05, 0.1) is 0 Å². The number of hydrogen-bond donors (Lipinski definition) is 1. The highest BCUT2D eigenvalue weighted by Crippen LogP contribution is 2.18. The van der Waals surface area contributed by atoms with Gasteiger partial charge in [-0.2, -0.15) is 0 Å². The highest BCUT2D eigenvalue weighted by molar-refractivity contribution is 5.69. The van der Waals surface area contributed by atoms with Crippen LogP contribution in [0.15, 0.2) is 12.2 Å². The molecule has 1 N–H and O–H groups in total. The van der Waals surface area contributed by atoms with E-state index in [1.165, 1.54) is 116 Å². The van der Waals surface area contributed by atoms with E-state index < -0.39 is 5.97 Å². The standard InChI is InChI=1S/C35H66O4/c1-3-5-7-9-11-13-14-15-16-17-19-21-23-28-32-35(38)39-33(30-26-24-27-31-34(36)37)29-25-22-20-18-12-10-8-6-4-2/h13-14,33H,3-12,15-32H2,1-2H3,(H,36,37)/b14-13-. The number of allylic oxidation sites excluding steroid dienone is 2. The smallest absolute Gasteiger partial charge is 0.306 e. The number of carboxylic acids is 1. The van der Waals surface area contributed by atoms with Crippen molar-refractivity contribution < 1.29 is 19.4 Å². The lowest BCUT2D eigenvalue weighted by Crippen LogP contribution is -2.18. The Kier molecular flexibility index (Phi) is 30.2. The Balaban J connectivity index is 3.94. The first-order valence-electron chi connectivity index (χ1n) is 17.2. The van der Waals surface area contributed by atoms with Gasteiger partial charge in [0.25, 0.3) is 0 Å². The van der Waals surface area contributed by atoms with Crippen LogP contribution in [0.5, 0.6) is 0 Å². The largest absolute Gasteiger partial charge is 0.481 e. The summed E-state index contributed by atoms with van der Waals surface area (Å²) >= 11 is 0. The third kappa shape index (κ3) is 31.1. The van der Waals surface area contributed by atoms with Gasteiger partial charge in [-0.15, -0.1) is 0 Å². The van der Waals surface area contributed by atoms with E-state index in [0.717, 1.165) is 44.9 Å². The quantitative estimate of drug-likeness (QED) is 0.0529. The Morgan fingerprint density at radius 1 is 0.538 bits per heavy atom. The van der Waals surface area contributed by atoms with Crippen molar-refractivity contribution in [3.63, 3.8) is 0 Å². The number of aliphatic carboxylic acids is 1. The van der Waals surface area contributed by atoms with Crippen LogP contribution < -0.4 is 0 Å². The zero-order valence-corrected chi connectivity index (χ0v) is 26.2. The van der Waals surface area contributed by atoms with Gasteiger partial charge in [-0.1, -0.05) is 129 Å². The minimum Gasteiger partial charge on any atom is -0.481 e. The van der Waals surface area contributed by atoms with Gasteiger partial charge in [-0.25, -0.2) is 0 Å². The molecule has 0 radical (unpaired) electrons. The summed E-state index contributed by atoms with van der Waals surface area (Å²) in [5.74, 6) is -0.761. The topological polar surface area (TPSA) is 63.6 Å². The van der Waals surface area contributed by atoms with E-state index in [9.17, 15) is 9.59 Å². The van der Waals surface area contributed by atoms with Gasteiger partial charge in [0.1, 0.15) is 6.10 Å². The first-order chi connectivity index (χ1) is 19.1.